The first-order valence-corrected chi connectivity index (χ1v) is 16.7. The fraction of sp³-hybridized carbons (Fsp3) is 0.500. The third kappa shape index (κ3) is 7.10. The molecule has 1 aliphatic carbocycles. The molecule has 0 saturated heterocycles. The van der Waals surface area contributed by atoms with Crippen LogP contribution in [0.4, 0.5) is 0 Å². The molecule has 1 amide bonds. The van der Waals surface area contributed by atoms with Crippen LogP contribution in [-0.2, 0) is 19.1 Å². The molecule has 12 nitrogen and oxygen atoms in total. The molecule has 0 spiro atoms. The van der Waals surface area contributed by atoms with Gasteiger partial charge in [0.25, 0.3) is 5.91 Å². The van der Waals surface area contributed by atoms with Crippen LogP contribution in [0.15, 0.2) is 47.7 Å². The van der Waals surface area contributed by atoms with Gasteiger partial charge < -0.3 is 34.8 Å². The third-order valence-corrected chi connectivity index (χ3v) is 10.2. The molecular formula is C38H47NO11. The summed E-state index contributed by atoms with van der Waals surface area (Å²) in [6, 6.07) is 0. The van der Waals surface area contributed by atoms with Gasteiger partial charge in [0.1, 0.15) is 17.6 Å². The van der Waals surface area contributed by atoms with Crippen molar-refractivity contribution in [3.8, 4) is 11.5 Å². The molecule has 4 aliphatic rings. The van der Waals surface area contributed by atoms with E-state index in [1.807, 2.05) is 0 Å². The summed E-state index contributed by atoms with van der Waals surface area (Å²) in [5.41, 5.74) is -2.45. The topological polar surface area (TPSA) is 186 Å². The van der Waals surface area contributed by atoms with Gasteiger partial charge in [0.15, 0.2) is 11.4 Å². The number of rotatable bonds is 2. The summed E-state index contributed by atoms with van der Waals surface area (Å²) >= 11 is 0. The summed E-state index contributed by atoms with van der Waals surface area (Å²) in [5.74, 6) is -6.25. The SMILES string of the molecule is CO[C@H]1/C=C/C[C@@]2(C)Oc3c(C)c(O)c4c(c3C2=O)C(=O)C=C(NC(=O)/C(C)=C\C=C\[C@H](C)C(O)[C@@H](C)[C@@H](O)[C@@H](C)[C@H](OC(C)=O)[C@@H]1C)C4=O. The molecule has 3 heterocycles. The van der Waals surface area contributed by atoms with Crippen molar-refractivity contribution in [2.45, 2.75) is 91.8 Å². The van der Waals surface area contributed by atoms with Gasteiger partial charge in [-0.2, -0.15) is 0 Å². The first-order valence-electron chi connectivity index (χ1n) is 16.7. The van der Waals surface area contributed by atoms with Crippen molar-refractivity contribution in [3.63, 3.8) is 0 Å². The maximum Gasteiger partial charge on any atom is 0.302 e. The Hall–Kier alpha value is -4.39. The number of phenols is 1. The van der Waals surface area contributed by atoms with Crippen LogP contribution in [0.3, 0.4) is 0 Å². The van der Waals surface area contributed by atoms with Gasteiger partial charge in [-0.15, -0.1) is 0 Å². The maximum atomic E-state index is 14.0. The average Bonchev–Trinajstić information content (AvgIpc) is 3.33. The van der Waals surface area contributed by atoms with Crippen molar-refractivity contribution in [2.24, 2.45) is 23.7 Å². The molecule has 0 aromatic heterocycles. The minimum Gasteiger partial charge on any atom is -0.507 e. The Balaban J connectivity index is 1.83. The van der Waals surface area contributed by atoms with E-state index in [0.717, 1.165) is 6.08 Å². The predicted molar refractivity (Wildman–Crippen MR) is 183 cm³/mol. The van der Waals surface area contributed by atoms with Crippen LogP contribution in [0.5, 0.6) is 11.5 Å². The van der Waals surface area contributed by atoms with E-state index in [4.69, 9.17) is 14.2 Å². The molecule has 50 heavy (non-hydrogen) atoms. The Morgan fingerprint density at radius 3 is 2.24 bits per heavy atom. The highest BCUT2D eigenvalue weighted by Crippen LogP contribution is 2.48. The molecule has 12 heteroatoms. The number of nitrogens with one attached hydrogen (secondary N) is 1. The third-order valence-electron chi connectivity index (χ3n) is 10.2. The molecule has 5 bridgehead atoms. The Labute approximate surface area is 291 Å². The van der Waals surface area contributed by atoms with Crippen molar-refractivity contribution in [1.82, 2.24) is 5.32 Å². The van der Waals surface area contributed by atoms with Gasteiger partial charge in [-0.3, -0.25) is 24.0 Å². The van der Waals surface area contributed by atoms with E-state index in [1.54, 1.807) is 52.0 Å². The smallest absolute Gasteiger partial charge is 0.302 e. The van der Waals surface area contributed by atoms with Crippen LogP contribution < -0.4 is 10.1 Å². The number of amides is 1. The molecule has 270 valence electrons. The van der Waals surface area contributed by atoms with E-state index in [2.05, 4.69) is 5.32 Å². The number of ketones is 3. The number of ether oxygens (including phenoxy) is 3. The highest BCUT2D eigenvalue weighted by atomic mass is 16.5. The minimum absolute atomic E-state index is 0.00198. The Bertz CT molecular complexity index is 1720. The lowest BCUT2D eigenvalue weighted by Gasteiger charge is -2.38. The molecule has 1 unspecified atom stereocenters. The Morgan fingerprint density at radius 2 is 1.62 bits per heavy atom. The first kappa shape index (κ1) is 38.4. The molecule has 3 aliphatic heterocycles. The number of carbonyl (C=O) groups excluding carboxylic acids is 5. The van der Waals surface area contributed by atoms with E-state index in [0.29, 0.717) is 0 Å². The Morgan fingerprint density at radius 1 is 0.960 bits per heavy atom. The lowest BCUT2D eigenvalue weighted by molar-refractivity contribution is -0.160. The Kier molecular flexibility index (Phi) is 11.4. The average molecular weight is 694 g/mol. The molecule has 1 aromatic carbocycles. The van der Waals surface area contributed by atoms with Crippen LogP contribution in [0.1, 0.15) is 91.5 Å². The highest BCUT2D eigenvalue weighted by molar-refractivity contribution is 6.31. The van der Waals surface area contributed by atoms with Gasteiger partial charge in [-0.1, -0.05) is 58.1 Å². The van der Waals surface area contributed by atoms with Gasteiger partial charge in [-0.05, 0) is 20.8 Å². The van der Waals surface area contributed by atoms with Crippen molar-refractivity contribution < 1.29 is 53.5 Å². The summed E-state index contributed by atoms with van der Waals surface area (Å²) < 4.78 is 17.6. The maximum absolute atomic E-state index is 14.0. The summed E-state index contributed by atoms with van der Waals surface area (Å²) in [5, 5.41) is 36.2. The van der Waals surface area contributed by atoms with Gasteiger partial charge >= 0.3 is 5.97 Å². The molecule has 0 saturated carbocycles. The second kappa shape index (κ2) is 14.8. The largest absolute Gasteiger partial charge is 0.507 e. The number of fused-ring (bicyclic) bond motifs is 14. The number of methoxy groups -OCH3 is 1. The van der Waals surface area contributed by atoms with E-state index in [1.165, 1.54) is 40.9 Å². The number of allylic oxidation sites excluding steroid dienone is 4. The lowest BCUT2D eigenvalue weighted by Crippen LogP contribution is -2.46. The molecule has 0 radical (unpaired) electrons. The fourth-order valence-corrected chi connectivity index (χ4v) is 6.93. The van der Waals surface area contributed by atoms with Crippen LogP contribution in [-0.4, -0.2) is 81.7 Å². The zero-order valence-electron chi connectivity index (χ0n) is 29.9. The van der Waals surface area contributed by atoms with E-state index in [-0.39, 0.29) is 40.1 Å². The molecule has 0 fully saturated rings. The van der Waals surface area contributed by atoms with E-state index < -0.39 is 94.2 Å². The van der Waals surface area contributed by atoms with Crippen molar-refractivity contribution in [2.75, 3.05) is 7.11 Å². The van der Waals surface area contributed by atoms with Crippen molar-refractivity contribution in [3.05, 3.63) is 70.0 Å². The second-order valence-electron chi connectivity index (χ2n) is 13.9. The van der Waals surface area contributed by atoms with Crippen LogP contribution in [0, 0.1) is 30.6 Å². The zero-order valence-corrected chi connectivity index (χ0v) is 29.9. The number of phenolic OH excluding ortho intramolecular Hbond substituents is 1. The summed E-state index contributed by atoms with van der Waals surface area (Å²) in [4.78, 5) is 66.5. The highest BCUT2D eigenvalue weighted by Gasteiger charge is 2.49. The number of aromatic hydroxyl groups is 1. The quantitative estimate of drug-likeness (QED) is 0.258. The number of hydrogen-bond donors (Lipinski definition) is 4. The van der Waals surface area contributed by atoms with Crippen LogP contribution in [0.25, 0.3) is 0 Å². The molecular weight excluding hydrogens is 646 g/mol. The molecule has 5 rings (SSSR count). The summed E-state index contributed by atoms with van der Waals surface area (Å²) in [6.45, 7) is 12.7. The lowest BCUT2D eigenvalue weighted by atomic mass is 9.78. The molecule has 4 N–H and O–H groups in total. The second-order valence-corrected chi connectivity index (χ2v) is 13.9. The van der Waals surface area contributed by atoms with Crippen LogP contribution in [0.2, 0.25) is 0 Å². The van der Waals surface area contributed by atoms with Gasteiger partial charge in [0, 0.05) is 61.3 Å². The summed E-state index contributed by atoms with van der Waals surface area (Å²) in [7, 11) is 1.48. The number of hydrogen-bond acceptors (Lipinski definition) is 11. The monoisotopic (exact) mass is 693 g/mol. The number of carbonyl (C=O) groups is 5. The first-order chi connectivity index (χ1) is 23.4. The molecule has 1 aromatic rings. The van der Waals surface area contributed by atoms with E-state index in [9.17, 15) is 39.3 Å². The standard InChI is InChI=1S/C38H47NO11/c1-17-12-10-13-18(2)37(47)39-24-16-25(41)27-28(33(24)45)32(44)22(6)35-29(27)36(46)38(8,50-35)15-11-14-26(48-9)19(3)34(49-23(7)40)21(5)31(43)20(4)30(17)42/h10-14,16-17,19-21,26,30-31,34,42-44H,15H2,1-9H3,(H,39,47)/b12-10+,14-11+,18-13-/t17-,19+,20+,21+,26-,30?,31+,34+,38+/m0/s1. The molecule has 9 atom stereocenters. The number of aliphatic hydroxyl groups excluding tert-OH is 2. The minimum atomic E-state index is -1.53. The number of benzene rings is 1. The predicted octanol–water partition coefficient (Wildman–Crippen LogP) is 4.09. The van der Waals surface area contributed by atoms with Crippen molar-refractivity contribution in [1.29, 1.82) is 0 Å². The van der Waals surface area contributed by atoms with Gasteiger partial charge in [0.05, 0.1) is 40.7 Å². The normalized spacial score (nSPS) is 34.6. The number of Topliss-reactive ketones (excluding diaryl/α,β-unsaturated/α-hetero) is 2. The zero-order chi connectivity index (χ0) is 37.4. The van der Waals surface area contributed by atoms with Gasteiger partial charge in [-0.25, -0.2) is 0 Å². The van der Waals surface area contributed by atoms with Crippen molar-refractivity contribution >= 4 is 29.2 Å². The van der Waals surface area contributed by atoms with E-state index >= 15 is 0 Å². The number of aliphatic hydroxyl groups is 2. The van der Waals surface area contributed by atoms with Crippen LogP contribution >= 0.6 is 0 Å². The summed E-state index contributed by atoms with van der Waals surface area (Å²) in [6.07, 6.45) is 5.35. The van der Waals surface area contributed by atoms with Gasteiger partial charge in [0.2, 0.25) is 11.6 Å². The number of esters is 1. The fourth-order valence-electron chi connectivity index (χ4n) is 6.93.